The second-order valence-electron chi connectivity index (χ2n) is 9.40. The smallest absolute Gasteiger partial charge is 0.335 e. The first-order valence-electron chi connectivity index (χ1n) is 12.4. The van der Waals surface area contributed by atoms with Gasteiger partial charge in [-0.3, -0.25) is 0 Å². The monoisotopic (exact) mass is 465 g/mol. The molecule has 0 fully saturated rings. The molecule has 2 atom stereocenters. The van der Waals surface area contributed by atoms with Crippen LogP contribution < -0.4 is 10.1 Å². The molecule has 4 aromatic rings. The lowest BCUT2D eigenvalue weighted by Crippen LogP contribution is -2.27. The van der Waals surface area contributed by atoms with Crippen molar-refractivity contribution in [2.45, 2.75) is 44.8 Å². The van der Waals surface area contributed by atoms with Gasteiger partial charge < -0.3 is 15.2 Å². The third-order valence-electron chi connectivity index (χ3n) is 7.06. The number of aromatic carboxylic acids is 1. The largest absolute Gasteiger partial charge is 0.490 e. The maximum atomic E-state index is 11.7. The van der Waals surface area contributed by atoms with Crippen LogP contribution in [0.2, 0.25) is 0 Å². The molecule has 35 heavy (non-hydrogen) atoms. The molecule has 2 unspecified atom stereocenters. The Balaban J connectivity index is 1.23. The molecule has 1 heterocycles. The van der Waals surface area contributed by atoms with Gasteiger partial charge in [0, 0.05) is 18.0 Å². The number of aryl methyl sites for hydroxylation is 1. The lowest BCUT2D eigenvalue weighted by molar-refractivity contribution is 0.0696. The predicted molar refractivity (Wildman–Crippen MR) is 140 cm³/mol. The van der Waals surface area contributed by atoms with Crippen molar-refractivity contribution >= 4 is 16.7 Å². The fraction of sp³-hybridized carbons (Fsp3) is 0.258. The van der Waals surface area contributed by atoms with E-state index in [9.17, 15) is 9.90 Å². The zero-order chi connectivity index (χ0) is 24.2. The first-order valence-corrected chi connectivity index (χ1v) is 12.4. The summed E-state index contributed by atoms with van der Waals surface area (Å²) in [6, 6.07) is 28.9. The van der Waals surface area contributed by atoms with E-state index in [1.807, 2.05) is 37.3 Å². The van der Waals surface area contributed by atoms with Gasteiger partial charge >= 0.3 is 5.97 Å². The highest BCUT2D eigenvalue weighted by molar-refractivity contribution is 5.89. The molecule has 1 aliphatic heterocycles. The van der Waals surface area contributed by atoms with Crippen LogP contribution in [0.4, 0.5) is 0 Å². The highest BCUT2D eigenvalue weighted by Crippen LogP contribution is 2.41. The second kappa shape index (κ2) is 10.3. The van der Waals surface area contributed by atoms with E-state index < -0.39 is 5.97 Å². The molecule has 0 bridgehead atoms. The molecule has 4 nitrogen and oxygen atoms in total. The normalized spacial score (nSPS) is 17.1. The quantitative estimate of drug-likeness (QED) is 0.284. The molecular weight excluding hydrogens is 434 g/mol. The minimum atomic E-state index is -0.876. The SMILES string of the molecule is Cc1ccc(C2CC(CCCNCc3cccc4ccccc34)Oc3ccccc32)cc1C(=O)O. The molecule has 1 aliphatic rings. The highest BCUT2D eigenvalue weighted by atomic mass is 16.5. The third kappa shape index (κ3) is 5.08. The Labute approximate surface area is 206 Å². The molecule has 0 saturated carbocycles. The van der Waals surface area contributed by atoms with Crippen LogP contribution in [0.25, 0.3) is 10.8 Å². The molecule has 0 amide bonds. The van der Waals surface area contributed by atoms with Crippen molar-refractivity contribution < 1.29 is 14.6 Å². The van der Waals surface area contributed by atoms with Crippen LogP contribution in [0.3, 0.4) is 0 Å². The zero-order valence-corrected chi connectivity index (χ0v) is 20.0. The molecule has 0 radical (unpaired) electrons. The summed E-state index contributed by atoms with van der Waals surface area (Å²) in [5.74, 6) is 0.167. The summed E-state index contributed by atoms with van der Waals surface area (Å²) < 4.78 is 6.36. The Morgan fingerprint density at radius 1 is 1.00 bits per heavy atom. The molecule has 5 rings (SSSR count). The van der Waals surface area contributed by atoms with Crippen LogP contribution in [0.1, 0.15) is 57.8 Å². The standard InChI is InChI=1S/C31H31NO3/c1-21-15-16-23(18-28(21)31(33)34)29-19-25(35-30-14-5-4-13-27(29)30)11-7-17-32-20-24-10-6-9-22-8-2-3-12-26(22)24/h2-6,8-10,12-16,18,25,29,32H,7,11,17,19-20H2,1H3,(H,33,34). The molecular formula is C31H31NO3. The van der Waals surface area contributed by atoms with Crippen LogP contribution in [-0.4, -0.2) is 23.7 Å². The molecule has 2 N–H and O–H groups in total. The minimum Gasteiger partial charge on any atom is -0.490 e. The highest BCUT2D eigenvalue weighted by Gasteiger charge is 2.29. The third-order valence-corrected chi connectivity index (χ3v) is 7.06. The Bertz CT molecular complexity index is 1340. The van der Waals surface area contributed by atoms with E-state index >= 15 is 0 Å². The van der Waals surface area contributed by atoms with Crippen LogP contribution in [0.15, 0.2) is 84.9 Å². The topological polar surface area (TPSA) is 58.6 Å². The second-order valence-corrected chi connectivity index (χ2v) is 9.40. The maximum Gasteiger partial charge on any atom is 0.335 e. The number of carbonyl (C=O) groups is 1. The number of nitrogens with one attached hydrogen (secondary N) is 1. The molecule has 4 heteroatoms. The van der Waals surface area contributed by atoms with E-state index in [1.54, 1.807) is 0 Å². The summed E-state index contributed by atoms with van der Waals surface area (Å²) in [6.07, 6.45) is 2.91. The van der Waals surface area contributed by atoms with Crippen LogP contribution in [0.5, 0.6) is 5.75 Å². The molecule has 0 aromatic heterocycles. The summed E-state index contributed by atoms with van der Waals surface area (Å²) in [5, 5.41) is 15.8. The number of benzene rings is 4. The molecule has 0 saturated heterocycles. The number of carboxylic acid groups (broad SMARTS) is 1. The number of fused-ring (bicyclic) bond motifs is 2. The van der Waals surface area contributed by atoms with Crippen LogP contribution >= 0.6 is 0 Å². The number of ether oxygens (including phenoxy) is 1. The van der Waals surface area contributed by atoms with Gasteiger partial charge in [0.2, 0.25) is 0 Å². The van der Waals surface area contributed by atoms with Gasteiger partial charge in [-0.05, 0) is 72.3 Å². The van der Waals surface area contributed by atoms with E-state index in [-0.39, 0.29) is 12.0 Å². The van der Waals surface area contributed by atoms with Crippen molar-refractivity contribution in [3.63, 3.8) is 0 Å². The fourth-order valence-electron chi connectivity index (χ4n) is 5.20. The van der Waals surface area contributed by atoms with Crippen molar-refractivity contribution in [1.29, 1.82) is 0 Å². The average Bonchev–Trinajstić information content (AvgIpc) is 2.88. The fourth-order valence-corrected chi connectivity index (χ4v) is 5.20. The Kier molecular flexibility index (Phi) is 6.82. The van der Waals surface area contributed by atoms with Crippen LogP contribution in [0, 0.1) is 6.92 Å². The van der Waals surface area contributed by atoms with Gasteiger partial charge in [0.25, 0.3) is 0 Å². The summed E-state index contributed by atoms with van der Waals surface area (Å²) >= 11 is 0. The minimum absolute atomic E-state index is 0.101. The average molecular weight is 466 g/mol. The summed E-state index contributed by atoms with van der Waals surface area (Å²) in [6.45, 7) is 3.61. The van der Waals surface area contributed by atoms with Crippen molar-refractivity contribution in [2.24, 2.45) is 0 Å². The Morgan fingerprint density at radius 3 is 2.69 bits per heavy atom. The number of rotatable bonds is 8. The van der Waals surface area contributed by atoms with Crippen molar-refractivity contribution in [2.75, 3.05) is 6.54 Å². The van der Waals surface area contributed by atoms with E-state index in [0.717, 1.165) is 54.8 Å². The van der Waals surface area contributed by atoms with Crippen LogP contribution in [-0.2, 0) is 6.54 Å². The van der Waals surface area contributed by atoms with Gasteiger partial charge in [-0.15, -0.1) is 0 Å². The van der Waals surface area contributed by atoms with Gasteiger partial charge in [0.15, 0.2) is 0 Å². The summed E-state index contributed by atoms with van der Waals surface area (Å²) in [5.41, 5.74) is 4.66. The Morgan fingerprint density at radius 2 is 1.80 bits per heavy atom. The molecule has 4 aromatic carbocycles. The van der Waals surface area contributed by atoms with Gasteiger partial charge in [0.05, 0.1) is 11.7 Å². The van der Waals surface area contributed by atoms with Crippen molar-refractivity contribution in [1.82, 2.24) is 5.32 Å². The van der Waals surface area contributed by atoms with Gasteiger partial charge in [-0.2, -0.15) is 0 Å². The Hall–Kier alpha value is -3.63. The van der Waals surface area contributed by atoms with Gasteiger partial charge in [-0.25, -0.2) is 4.79 Å². The maximum absolute atomic E-state index is 11.7. The lowest BCUT2D eigenvalue weighted by atomic mass is 9.82. The summed E-state index contributed by atoms with van der Waals surface area (Å²) in [7, 11) is 0. The van der Waals surface area contributed by atoms with E-state index in [2.05, 4.69) is 59.9 Å². The van der Waals surface area contributed by atoms with E-state index in [1.165, 1.54) is 16.3 Å². The predicted octanol–water partition coefficient (Wildman–Crippen LogP) is 6.70. The first-order chi connectivity index (χ1) is 17.1. The number of hydrogen-bond acceptors (Lipinski definition) is 3. The van der Waals surface area contributed by atoms with Gasteiger partial charge in [0.1, 0.15) is 5.75 Å². The van der Waals surface area contributed by atoms with Crippen molar-refractivity contribution in [3.05, 3.63) is 113 Å². The molecule has 0 spiro atoms. The lowest BCUT2D eigenvalue weighted by Gasteiger charge is -2.33. The van der Waals surface area contributed by atoms with Crippen molar-refractivity contribution in [3.8, 4) is 5.75 Å². The van der Waals surface area contributed by atoms with Gasteiger partial charge in [-0.1, -0.05) is 72.8 Å². The number of para-hydroxylation sites is 1. The first kappa shape index (κ1) is 23.1. The number of hydrogen-bond donors (Lipinski definition) is 2. The molecule has 0 aliphatic carbocycles. The van der Waals surface area contributed by atoms with E-state index in [4.69, 9.17) is 4.74 Å². The zero-order valence-electron chi connectivity index (χ0n) is 20.0. The molecule has 178 valence electrons. The van der Waals surface area contributed by atoms with E-state index in [0.29, 0.717) is 5.56 Å². The summed E-state index contributed by atoms with van der Waals surface area (Å²) in [4.78, 5) is 11.7. The number of carboxylic acids is 1.